The Labute approximate surface area is 264 Å². The first-order valence-corrected chi connectivity index (χ1v) is 14.8. The van der Waals surface area contributed by atoms with E-state index in [1.54, 1.807) is 0 Å². The van der Waals surface area contributed by atoms with Gasteiger partial charge in [-0.1, -0.05) is 36.4 Å². The van der Waals surface area contributed by atoms with E-state index >= 15 is 0 Å². The second kappa shape index (κ2) is 14.3. The van der Waals surface area contributed by atoms with Gasteiger partial charge in [-0.15, -0.1) is 16.4 Å². The molecule has 0 atom stereocenters. The molecule has 0 radical (unpaired) electrons. The van der Waals surface area contributed by atoms with Gasteiger partial charge in [-0.25, -0.2) is 65.9 Å². The minimum atomic E-state index is -5.16. The van der Waals surface area contributed by atoms with Crippen LogP contribution in [-0.2, 0) is 0 Å². The summed E-state index contributed by atoms with van der Waals surface area (Å²) in [6.45, 7) is -5.16. The van der Waals surface area contributed by atoms with Crippen molar-refractivity contribution in [2.45, 2.75) is 0 Å². The average molecular weight is 794 g/mol. The fourth-order valence-corrected chi connectivity index (χ4v) is 6.76. The third-order valence-corrected chi connectivity index (χ3v) is 9.33. The fraction of sp³-hybridized carbons (Fsp3) is 0. The summed E-state index contributed by atoms with van der Waals surface area (Å²) < 4.78 is 212. The maximum absolute atomic E-state index is 14.4. The van der Waals surface area contributed by atoms with E-state index in [1.807, 2.05) is 0 Å². The van der Waals surface area contributed by atoms with E-state index in [0.29, 0.717) is 0 Å². The van der Waals surface area contributed by atoms with E-state index in [4.69, 9.17) is 0 Å². The molecule has 0 bridgehead atoms. The van der Waals surface area contributed by atoms with E-state index in [-0.39, 0.29) is 21.2 Å². The Kier molecular flexibility index (Phi) is 10.9. The highest BCUT2D eigenvalue weighted by molar-refractivity contribution is 6.95. The molecule has 0 spiro atoms. The smallest absolute Gasteiger partial charge is 0.207 e. The molecule has 5 aromatic rings. The van der Waals surface area contributed by atoms with E-state index in [2.05, 4.69) is 60.7 Å². The number of hydrogen-bond acceptors (Lipinski definition) is 0. The molecule has 0 aliphatic heterocycles. The van der Waals surface area contributed by atoms with Gasteiger partial charge in [-0.2, -0.15) is 0 Å². The molecule has 47 heavy (non-hydrogen) atoms. The first-order valence-electron chi connectivity index (χ1n) is 12.6. The topological polar surface area (TPSA) is 0 Å². The van der Waals surface area contributed by atoms with Gasteiger partial charge in [0.15, 0.2) is 59.5 Å². The van der Waals surface area contributed by atoms with Crippen LogP contribution in [0.25, 0.3) is 0 Å². The summed E-state index contributed by atoms with van der Waals surface area (Å²) in [4.78, 5) is 0. The van der Waals surface area contributed by atoms with Crippen LogP contribution in [0.1, 0.15) is 0 Å². The zero-order valence-corrected chi connectivity index (χ0v) is 24.7. The van der Waals surface area contributed by atoms with Crippen molar-refractivity contribution in [3.8, 4) is 0 Å². The van der Waals surface area contributed by atoms with Crippen LogP contribution in [0.3, 0.4) is 0 Å². The van der Waals surface area contributed by atoms with Crippen molar-refractivity contribution in [3.05, 3.63) is 155 Å². The molecule has 0 aromatic heterocycles. The van der Waals surface area contributed by atoms with E-state index in [1.165, 1.54) is 7.14 Å². The molecule has 0 heterocycles. The van der Waals surface area contributed by atoms with Gasteiger partial charge in [-0.05, 0) is 24.3 Å². The van der Waals surface area contributed by atoms with Crippen LogP contribution in [0.4, 0.5) is 65.9 Å². The lowest BCUT2D eigenvalue weighted by molar-refractivity contribution is -0.597. The predicted molar refractivity (Wildman–Crippen MR) is 135 cm³/mol. The van der Waals surface area contributed by atoms with Crippen LogP contribution < -0.4 is 37.6 Å². The van der Waals surface area contributed by atoms with E-state index in [0.717, 1.165) is 0 Å². The maximum atomic E-state index is 14.4. The number of hydrogen-bond donors (Lipinski definition) is 0. The van der Waals surface area contributed by atoms with Gasteiger partial charge >= 0.3 is 21.2 Å². The minimum Gasteiger partial charge on any atom is -0.207 e. The highest BCUT2D eigenvalue weighted by atomic mass is 127. The van der Waals surface area contributed by atoms with Crippen LogP contribution in [-0.4, -0.2) is 6.71 Å². The van der Waals surface area contributed by atoms with Crippen molar-refractivity contribution in [2.75, 3.05) is 0 Å². The molecule has 0 N–H and O–H groups in total. The Morgan fingerprint density at radius 3 is 0.681 bits per heavy atom. The standard InChI is InChI=1S/C18HBF15.C12H10I/c20-4-1(5(21)11(27)16(32)10(4)26)19(2-6(22)12(28)17(33)13(29)7(2)23)3-8(24)14(30)18(34)15(31)9(3)25;1-3-7-11(8-4-1)13-12-9-5-2-6-10-12/h19H;1-10H/q-1;+1. The first kappa shape index (κ1) is 35.7. The van der Waals surface area contributed by atoms with Gasteiger partial charge in [0.1, 0.15) is 34.9 Å². The molecular formula is C30H11BF15I. The summed E-state index contributed by atoms with van der Waals surface area (Å²) in [5, 5.41) is 0. The predicted octanol–water partition coefficient (Wildman–Crippen LogP) is 3.84. The minimum absolute atomic E-state index is 0.0287. The third kappa shape index (κ3) is 6.66. The summed E-state index contributed by atoms with van der Waals surface area (Å²) >= 11 is 0.0287. The summed E-state index contributed by atoms with van der Waals surface area (Å²) in [5.74, 6) is -44.8. The van der Waals surface area contributed by atoms with Gasteiger partial charge in [0.25, 0.3) is 0 Å². The Morgan fingerprint density at radius 1 is 0.277 bits per heavy atom. The van der Waals surface area contributed by atoms with Gasteiger partial charge in [0, 0.05) is 0 Å². The molecule has 0 saturated carbocycles. The van der Waals surface area contributed by atoms with Crippen molar-refractivity contribution < 1.29 is 87.1 Å². The Hall–Kier alpha value is -4.16. The number of benzene rings is 5. The van der Waals surface area contributed by atoms with Crippen molar-refractivity contribution in [1.29, 1.82) is 0 Å². The monoisotopic (exact) mass is 794 g/mol. The Morgan fingerprint density at radius 2 is 0.468 bits per heavy atom. The van der Waals surface area contributed by atoms with Crippen LogP contribution in [0.5, 0.6) is 0 Å². The number of rotatable bonds is 5. The molecule has 0 unspecified atom stereocenters. The van der Waals surface area contributed by atoms with Crippen molar-refractivity contribution >= 4 is 23.1 Å². The maximum Gasteiger partial charge on any atom is 0.357 e. The van der Waals surface area contributed by atoms with Crippen LogP contribution >= 0.6 is 0 Å². The molecule has 0 fully saturated rings. The highest BCUT2D eigenvalue weighted by Gasteiger charge is 2.37. The second-order valence-electron chi connectivity index (χ2n) is 9.36. The quantitative estimate of drug-likeness (QED) is 0.0836. The van der Waals surface area contributed by atoms with Crippen LogP contribution in [0.2, 0.25) is 0 Å². The van der Waals surface area contributed by atoms with Gasteiger partial charge < -0.3 is 0 Å². The molecule has 5 rings (SSSR count). The van der Waals surface area contributed by atoms with E-state index in [9.17, 15) is 65.9 Å². The largest absolute Gasteiger partial charge is 0.357 e. The van der Waals surface area contributed by atoms with Crippen LogP contribution in [0.15, 0.2) is 60.7 Å². The lowest BCUT2D eigenvalue weighted by atomic mass is 9.36. The zero-order chi connectivity index (χ0) is 34.9. The lowest BCUT2D eigenvalue weighted by Gasteiger charge is -2.30. The lowest BCUT2D eigenvalue weighted by Crippen LogP contribution is -3.61. The van der Waals surface area contributed by atoms with Gasteiger partial charge in [-0.3, -0.25) is 0 Å². The fourth-order valence-electron chi connectivity index (χ4n) is 4.49. The van der Waals surface area contributed by atoms with Crippen LogP contribution in [0, 0.1) is 94.4 Å². The van der Waals surface area contributed by atoms with Crippen molar-refractivity contribution in [2.24, 2.45) is 0 Å². The second-order valence-corrected chi connectivity index (χ2v) is 12.4. The molecular weight excluding hydrogens is 783 g/mol. The number of halogens is 16. The molecule has 17 heteroatoms. The van der Waals surface area contributed by atoms with Crippen molar-refractivity contribution in [3.63, 3.8) is 0 Å². The molecule has 0 aliphatic rings. The van der Waals surface area contributed by atoms with Gasteiger partial charge in [0.05, 0.1) is 6.71 Å². The molecule has 0 amide bonds. The Balaban J connectivity index is 0.000000318. The summed E-state index contributed by atoms with van der Waals surface area (Å²) in [6, 6.07) is 21.4. The van der Waals surface area contributed by atoms with Gasteiger partial charge in [0.2, 0.25) is 0 Å². The molecule has 0 aliphatic carbocycles. The third-order valence-electron chi connectivity index (χ3n) is 6.65. The normalized spacial score (nSPS) is 11.1. The summed E-state index contributed by atoms with van der Waals surface area (Å²) in [5.41, 5.74) is -7.78. The summed E-state index contributed by atoms with van der Waals surface area (Å²) in [7, 11) is 0. The molecule has 0 nitrogen and oxygen atoms in total. The molecule has 5 aromatic carbocycles. The highest BCUT2D eigenvalue weighted by Crippen LogP contribution is 2.23. The zero-order valence-electron chi connectivity index (χ0n) is 22.5. The molecule has 246 valence electrons. The van der Waals surface area contributed by atoms with Crippen molar-refractivity contribution in [1.82, 2.24) is 0 Å². The van der Waals surface area contributed by atoms with E-state index < -0.39 is 110 Å². The molecule has 0 saturated heterocycles. The Bertz CT molecular complexity index is 1680. The SMILES string of the molecule is Fc1c(F)c(F)c([BH-](c2c(F)c(F)c(F)c(F)c2F)c2c(F)c(F)c(F)c(F)c2F)c(F)c1F.c1ccc([I+]c2ccccc2)cc1. The first-order chi connectivity index (χ1) is 22.1. The average Bonchev–Trinajstić information content (AvgIpc) is 3.07. The summed E-state index contributed by atoms with van der Waals surface area (Å²) in [6.07, 6.45) is 0.